The molecular formula is C18H16BrNO3. The van der Waals surface area contributed by atoms with Gasteiger partial charge in [-0.3, -0.25) is 0 Å². The molecule has 5 heteroatoms. The van der Waals surface area contributed by atoms with Crippen molar-refractivity contribution in [1.29, 1.82) is 0 Å². The Kier molecular flexibility index (Phi) is 3.73. The van der Waals surface area contributed by atoms with Gasteiger partial charge in [0.25, 0.3) is 0 Å². The van der Waals surface area contributed by atoms with Crippen LogP contribution in [0.15, 0.2) is 46.0 Å². The molecule has 4 nitrogen and oxygen atoms in total. The Bertz CT molecular complexity index is 771. The molecule has 0 radical (unpaired) electrons. The van der Waals surface area contributed by atoms with Crippen molar-refractivity contribution in [1.82, 2.24) is 0 Å². The van der Waals surface area contributed by atoms with Gasteiger partial charge in [-0.1, -0.05) is 33.2 Å². The van der Waals surface area contributed by atoms with Crippen molar-refractivity contribution in [2.75, 3.05) is 13.7 Å². The van der Waals surface area contributed by atoms with Gasteiger partial charge >= 0.3 is 0 Å². The van der Waals surface area contributed by atoms with E-state index in [9.17, 15) is 0 Å². The van der Waals surface area contributed by atoms with Crippen LogP contribution in [0.5, 0.6) is 11.5 Å². The zero-order valence-electron chi connectivity index (χ0n) is 12.7. The molecule has 4 rings (SSSR count). The summed E-state index contributed by atoms with van der Waals surface area (Å²) in [5, 5.41) is 4.30. The molecule has 23 heavy (non-hydrogen) atoms. The number of halogens is 1. The van der Waals surface area contributed by atoms with E-state index >= 15 is 0 Å². The molecule has 0 N–H and O–H groups in total. The number of ether oxygens (including phenoxy) is 2. The van der Waals surface area contributed by atoms with Gasteiger partial charge < -0.3 is 14.3 Å². The van der Waals surface area contributed by atoms with E-state index in [-0.39, 0.29) is 6.10 Å². The standard InChI is InChI=1S/C18H16BrNO3/c1-21-17-9-13(8-12-6-7-22-18(12)17)15-10-16(23-20-15)11-2-4-14(19)5-3-11/h2-5,8-9,16H,6-7,10H2,1H3. The van der Waals surface area contributed by atoms with Crippen LogP contribution in [0, 0.1) is 0 Å². The van der Waals surface area contributed by atoms with Gasteiger partial charge in [0.15, 0.2) is 17.6 Å². The van der Waals surface area contributed by atoms with E-state index in [4.69, 9.17) is 14.3 Å². The third kappa shape index (κ3) is 2.70. The van der Waals surface area contributed by atoms with Crippen LogP contribution in [0.2, 0.25) is 0 Å². The van der Waals surface area contributed by atoms with Crippen molar-refractivity contribution in [3.8, 4) is 11.5 Å². The lowest BCUT2D eigenvalue weighted by molar-refractivity contribution is 0.0857. The Balaban J connectivity index is 1.59. The second-order valence-corrected chi connectivity index (χ2v) is 6.57. The Morgan fingerprint density at radius 2 is 2.04 bits per heavy atom. The fourth-order valence-corrected chi connectivity index (χ4v) is 3.26. The molecule has 0 bridgehead atoms. The first-order valence-corrected chi connectivity index (χ1v) is 8.36. The maximum Gasteiger partial charge on any atom is 0.164 e. The molecule has 2 aliphatic heterocycles. The molecule has 2 heterocycles. The van der Waals surface area contributed by atoms with Crippen molar-refractivity contribution in [2.45, 2.75) is 18.9 Å². The van der Waals surface area contributed by atoms with Crippen LogP contribution >= 0.6 is 15.9 Å². The molecule has 1 unspecified atom stereocenters. The van der Waals surface area contributed by atoms with Crippen molar-refractivity contribution in [2.24, 2.45) is 5.16 Å². The maximum absolute atomic E-state index is 5.64. The first-order valence-electron chi connectivity index (χ1n) is 7.57. The van der Waals surface area contributed by atoms with Crippen LogP contribution in [0.3, 0.4) is 0 Å². The molecule has 2 aliphatic rings. The van der Waals surface area contributed by atoms with Gasteiger partial charge in [0.1, 0.15) is 0 Å². The smallest absolute Gasteiger partial charge is 0.164 e. The summed E-state index contributed by atoms with van der Waals surface area (Å²) in [7, 11) is 1.67. The topological polar surface area (TPSA) is 40.0 Å². The van der Waals surface area contributed by atoms with Gasteiger partial charge in [-0.05, 0) is 29.8 Å². The third-order valence-electron chi connectivity index (χ3n) is 4.21. The van der Waals surface area contributed by atoms with Crippen LogP contribution in [-0.4, -0.2) is 19.4 Å². The van der Waals surface area contributed by atoms with Gasteiger partial charge in [-0.25, -0.2) is 0 Å². The van der Waals surface area contributed by atoms with Crippen LogP contribution in [0.1, 0.15) is 29.2 Å². The van der Waals surface area contributed by atoms with Crippen LogP contribution in [0.4, 0.5) is 0 Å². The minimum atomic E-state index is -0.0337. The lowest BCUT2D eigenvalue weighted by Gasteiger charge is -2.10. The lowest BCUT2D eigenvalue weighted by atomic mass is 9.98. The van der Waals surface area contributed by atoms with Gasteiger partial charge in [-0.15, -0.1) is 0 Å². The normalized spacial score (nSPS) is 18.9. The molecule has 0 spiro atoms. The average Bonchev–Trinajstić information content (AvgIpc) is 3.23. The lowest BCUT2D eigenvalue weighted by Crippen LogP contribution is -2.03. The Morgan fingerprint density at radius 1 is 1.22 bits per heavy atom. The molecular weight excluding hydrogens is 358 g/mol. The van der Waals surface area contributed by atoms with Gasteiger partial charge in [0.2, 0.25) is 0 Å². The largest absolute Gasteiger partial charge is 0.493 e. The van der Waals surface area contributed by atoms with Crippen molar-refractivity contribution < 1.29 is 14.3 Å². The van der Waals surface area contributed by atoms with Gasteiger partial charge in [-0.2, -0.15) is 0 Å². The summed E-state index contributed by atoms with van der Waals surface area (Å²) < 4.78 is 12.2. The van der Waals surface area contributed by atoms with Gasteiger partial charge in [0.05, 0.1) is 19.4 Å². The van der Waals surface area contributed by atoms with Crippen molar-refractivity contribution in [3.63, 3.8) is 0 Å². The fraction of sp³-hybridized carbons (Fsp3) is 0.278. The minimum Gasteiger partial charge on any atom is -0.493 e. The Labute approximate surface area is 143 Å². The molecule has 118 valence electrons. The molecule has 2 aromatic carbocycles. The number of rotatable bonds is 3. The van der Waals surface area contributed by atoms with Crippen LogP contribution in [0.25, 0.3) is 0 Å². The number of benzene rings is 2. The monoisotopic (exact) mass is 373 g/mol. The highest BCUT2D eigenvalue weighted by atomic mass is 79.9. The summed E-state index contributed by atoms with van der Waals surface area (Å²) in [5.74, 6) is 1.63. The highest BCUT2D eigenvalue weighted by Crippen LogP contribution is 2.38. The van der Waals surface area contributed by atoms with Crippen molar-refractivity contribution >= 4 is 21.6 Å². The highest BCUT2D eigenvalue weighted by Gasteiger charge is 2.26. The number of hydrogen-bond donors (Lipinski definition) is 0. The predicted octanol–water partition coefficient (Wildman–Crippen LogP) is 4.26. The quantitative estimate of drug-likeness (QED) is 0.806. The SMILES string of the molecule is COc1cc(C2=NOC(c3ccc(Br)cc3)C2)cc2c1OCC2. The summed E-state index contributed by atoms with van der Waals surface area (Å²) in [4.78, 5) is 5.64. The van der Waals surface area contributed by atoms with E-state index in [0.717, 1.165) is 45.7 Å². The molecule has 2 aromatic rings. The molecule has 0 aliphatic carbocycles. The summed E-state index contributed by atoms with van der Waals surface area (Å²) in [6.07, 6.45) is 1.63. The molecule has 0 saturated heterocycles. The van der Waals surface area contributed by atoms with Gasteiger partial charge in [0, 0.05) is 28.4 Å². The summed E-state index contributed by atoms with van der Waals surface area (Å²) >= 11 is 3.45. The summed E-state index contributed by atoms with van der Waals surface area (Å²) in [5.41, 5.74) is 4.30. The van der Waals surface area contributed by atoms with Crippen LogP contribution in [-0.2, 0) is 11.3 Å². The summed E-state index contributed by atoms with van der Waals surface area (Å²) in [6.45, 7) is 0.708. The second-order valence-electron chi connectivity index (χ2n) is 5.65. The first-order chi connectivity index (χ1) is 11.2. The average molecular weight is 374 g/mol. The number of methoxy groups -OCH3 is 1. The molecule has 1 atom stereocenters. The third-order valence-corrected chi connectivity index (χ3v) is 4.74. The fourth-order valence-electron chi connectivity index (χ4n) is 2.99. The molecule has 0 aromatic heterocycles. The minimum absolute atomic E-state index is 0.0337. The van der Waals surface area contributed by atoms with E-state index in [0.29, 0.717) is 6.61 Å². The molecule has 0 amide bonds. The maximum atomic E-state index is 5.64. The van der Waals surface area contributed by atoms with E-state index in [2.05, 4.69) is 39.3 Å². The van der Waals surface area contributed by atoms with E-state index < -0.39 is 0 Å². The number of hydrogen-bond acceptors (Lipinski definition) is 4. The van der Waals surface area contributed by atoms with Crippen molar-refractivity contribution in [3.05, 3.63) is 57.6 Å². The predicted molar refractivity (Wildman–Crippen MR) is 91.3 cm³/mol. The number of oxime groups is 1. The molecule has 0 fully saturated rings. The highest BCUT2D eigenvalue weighted by molar-refractivity contribution is 9.10. The Morgan fingerprint density at radius 3 is 2.83 bits per heavy atom. The number of fused-ring (bicyclic) bond motifs is 1. The summed E-state index contributed by atoms with van der Waals surface area (Å²) in [6, 6.07) is 12.3. The zero-order valence-corrected chi connectivity index (χ0v) is 14.3. The van der Waals surface area contributed by atoms with E-state index in [1.165, 1.54) is 5.56 Å². The van der Waals surface area contributed by atoms with E-state index in [1.807, 2.05) is 18.2 Å². The van der Waals surface area contributed by atoms with Crippen LogP contribution < -0.4 is 9.47 Å². The second kappa shape index (κ2) is 5.89. The zero-order chi connectivity index (χ0) is 15.8. The number of nitrogens with zero attached hydrogens (tertiary/aromatic N) is 1. The van der Waals surface area contributed by atoms with E-state index in [1.54, 1.807) is 7.11 Å². The molecule has 0 saturated carbocycles. The Hall–Kier alpha value is -2.01. The first kappa shape index (κ1) is 14.6.